The number of fused-ring (bicyclic) bond motifs is 3. The van der Waals surface area contributed by atoms with E-state index in [2.05, 4.69) is 73.0 Å². The Morgan fingerprint density at radius 2 is 1.70 bits per heavy atom. The van der Waals surface area contributed by atoms with Gasteiger partial charge in [0, 0.05) is 28.5 Å². The standard InChI is InChI=1S/C27H21N2O/c1-17-7-10-19(11-8-17)22-15-23-21-12-9-18(2)26(24-6-4-5-13-29(24)3)27(21)30-25(23)14-20(22)16-28/h4-15H,1-3H3/q+1. The highest BCUT2D eigenvalue weighted by Gasteiger charge is 2.21. The van der Waals surface area contributed by atoms with Crippen molar-refractivity contribution in [1.29, 1.82) is 5.26 Å². The van der Waals surface area contributed by atoms with E-state index in [1.165, 1.54) is 5.56 Å². The Bertz CT molecular complexity index is 1470. The molecule has 3 nitrogen and oxygen atoms in total. The third-order valence-corrected chi connectivity index (χ3v) is 5.78. The highest BCUT2D eigenvalue weighted by atomic mass is 16.3. The molecule has 0 fully saturated rings. The number of rotatable bonds is 2. The summed E-state index contributed by atoms with van der Waals surface area (Å²) in [6.45, 7) is 4.17. The lowest BCUT2D eigenvalue weighted by atomic mass is 9.96. The molecular weight excluding hydrogens is 368 g/mol. The van der Waals surface area contributed by atoms with Crippen molar-refractivity contribution >= 4 is 21.9 Å². The quantitative estimate of drug-likeness (QED) is 0.336. The van der Waals surface area contributed by atoms with Crippen LogP contribution in [0.15, 0.2) is 77.3 Å². The molecule has 0 aliphatic heterocycles. The lowest BCUT2D eigenvalue weighted by Crippen LogP contribution is -2.30. The van der Waals surface area contributed by atoms with Gasteiger partial charge in [0.1, 0.15) is 18.2 Å². The first kappa shape index (κ1) is 18.1. The monoisotopic (exact) mass is 389 g/mol. The second-order valence-electron chi connectivity index (χ2n) is 7.80. The maximum absolute atomic E-state index is 9.79. The lowest BCUT2D eigenvalue weighted by molar-refractivity contribution is -0.660. The fourth-order valence-electron chi connectivity index (χ4n) is 4.15. The van der Waals surface area contributed by atoms with Gasteiger partial charge in [-0.15, -0.1) is 0 Å². The molecule has 0 bridgehead atoms. The molecule has 144 valence electrons. The molecule has 0 unspecified atom stereocenters. The number of furan rings is 1. The first-order chi connectivity index (χ1) is 14.6. The molecule has 3 aromatic carbocycles. The highest BCUT2D eigenvalue weighted by Crippen LogP contribution is 2.39. The van der Waals surface area contributed by atoms with Crippen LogP contribution in [0.5, 0.6) is 0 Å². The summed E-state index contributed by atoms with van der Waals surface area (Å²) in [5, 5.41) is 11.9. The summed E-state index contributed by atoms with van der Waals surface area (Å²) >= 11 is 0. The van der Waals surface area contributed by atoms with E-state index in [0.717, 1.165) is 49.9 Å². The van der Waals surface area contributed by atoms with Crippen molar-refractivity contribution in [2.45, 2.75) is 13.8 Å². The third-order valence-electron chi connectivity index (χ3n) is 5.78. The molecule has 0 aliphatic rings. The summed E-state index contributed by atoms with van der Waals surface area (Å²) in [4.78, 5) is 0. The van der Waals surface area contributed by atoms with Gasteiger partial charge in [-0.25, -0.2) is 4.57 Å². The van der Waals surface area contributed by atoms with E-state index in [9.17, 15) is 5.26 Å². The number of nitriles is 1. The summed E-state index contributed by atoms with van der Waals surface area (Å²) in [7, 11) is 2.04. The Kier molecular flexibility index (Phi) is 4.15. The van der Waals surface area contributed by atoms with Crippen LogP contribution in [0, 0.1) is 25.2 Å². The molecule has 0 N–H and O–H groups in total. The molecule has 2 aromatic heterocycles. The zero-order valence-electron chi connectivity index (χ0n) is 17.2. The molecule has 0 saturated heterocycles. The smallest absolute Gasteiger partial charge is 0.216 e. The van der Waals surface area contributed by atoms with Crippen molar-refractivity contribution in [3.8, 4) is 28.5 Å². The van der Waals surface area contributed by atoms with Gasteiger partial charge in [-0.2, -0.15) is 5.26 Å². The summed E-state index contributed by atoms with van der Waals surface area (Å²) in [5.74, 6) is 0. The summed E-state index contributed by atoms with van der Waals surface area (Å²) in [6, 6.07) is 25.0. The van der Waals surface area contributed by atoms with Crippen LogP contribution in [0.3, 0.4) is 0 Å². The molecule has 0 atom stereocenters. The van der Waals surface area contributed by atoms with E-state index in [1.54, 1.807) is 0 Å². The fraction of sp³-hybridized carbons (Fsp3) is 0.111. The molecular formula is C27H21N2O+. The topological polar surface area (TPSA) is 40.8 Å². The first-order valence-electron chi connectivity index (χ1n) is 9.99. The Morgan fingerprint density at radius 3 is 2.43 bits per heavy atom. The molecule has 3 heteroatoms. The second kappa shape index (κ2) is 6.86. The van der Waals surface area contributed by atoms with Crippen molar-refractivity contribution in [2.24, 2.45) is 7.05 Å². The minimum Gasteiger partial charge on any atom is -0.455 e. The van der Waals surface area contributed by atoms with Gasteiger partial charge in [0.15, 0.2) is 6.20 Å². The predicted octanol–water partition coefficient (Wildman–Crippen LogP) is 6.23. The Hall–Kier alpha value is -3.90. The number of aryl methyl sites for hydroxylation is 3. The van der Waals surface area contributed by atoms with Crippen LogP contribution in [-0.2, 0) is 7.05 Å². The molecule has 30 heavy (non-hydrogen) atoms. The van der Waals surface area contributed by atoms with Gasteiger partial charge >= 0.3 is 0 Å². The zero-order chi connectivity index (χ0) is 20.8. The van der Waals surface area contributed by atoms with Crippen LogP contribution in [0.1, 0.15) is 16.7 Å². The summed E-state index contributed by atoms with van der Waals surface area (Å²) < 4.78 is 8.47. The van der Waals surface area contributed by atoms with E-state index >= 15 is 0 Å². The second-order valence-corrected chi connectivity index (χ2v) is 7.80. The number of nitrogens with zero attached hydrogens (tertiary/aromatic N) is 2. The maximum atomic E-state index is 9.79. The van der Waals surface area contributed by atoms with Gasteiger partial charge in [0.25, 0.3) is 0 Å². The van der Waals surface area contributed by atoms with E-state index in [-0.39, 0.29) is 0 Å². The lowest BCUT2D eigenvalue weighted by Gasteiger charge is -2.06. The third kappa shape index (κ3) is 2.77. The Morgan fingerprint density at radius 1 is 0.900 bits per heavy atom. The molecule has 0 amide bonds. The van der Waals surface area contributed by atoms with Gasteiger partial charge < -0.3 is 4.42 Å². The Balaban J connectivity index is 1.84. The maximum Gasteiger partial charge on any atom is 0.216 e. The van der Waals surface area contributed by atoms with Crippen molar-refractivity contribution in [2.75, 3.05) is 0 Å². The van der Waals surface area contributed by atoms with E-state index in [0.29, 0.717) is 5.56 Å². The number of pyridine rings is 1. The molecule has 0 aliphatic carbocycles. The largest absolute Gasteiger partial charge is 0.455 e. The molecule has 0 radical (unpaired) electrons. The number of hydrogen-bond acceptors (Lipinski definition) is 2. The number of aromatic nitrogens is 1. The van der Waals surface area contributed by atoms with E-state index in [4.69, 9.17) is 4.42 Å². The van der Waals surface area contributed by atoms with Crippen LogP contribution < -0.4 is 4.57 Å². The molecule has 5 aromatic rings. The molecule has 2 heterocycles. The molecule has 5 rings (SSSR count). The number of hydrogen-bond donors (Lipinski definition) is 0. The van der Waals surface area contributed by atoms with Crippen molar-refractivity contribution in [1.82, 2.24) is 0 Å². The minimum absolute atomic E-state index is 0.619. The van der Waals surface area contributed by atoms with Crippen LogP contribution in [0.25, 0.3) is 44.3 Å². The van der Waals surface area contributed by atoms with Gasteiger partial charge in [-0.3, -0.25) is 0 Å². The molecule has 0 saturated carbocycles. The average Bonchev–Trinajstić information content (AvgIpc) is 3.11. The Labute approximate surface area is 175 Å². The van der Waals surface area contributed by atoms with E-state index < -0.39 is 0 Å². The first-order valence-corrected chi connectivity index (χ1v) is 9.99. The molecule has 0 spiro atoms. The average molecular weight is 389 g/mol. The predicted molar refractivity (Wildman–Crippen MR) is 120 cm³/mol. The van der Waals surface area contributed by atoms with E-state index in [1.807, 2.05) is 31.4 Å². The minimum atomic E-state index is 0.619. The van der Waals surface area contributed by atoms with Crippen molar-refractivity contribution < 1.29 is 8.98 Å². The van der Waals surface area contributed by atoms with Crippen molar-refractivity contribution in [3.05, 3.63) is 89.6 Å². The summed E-state index contributed by atoms with van der Waals surface area (Å²) in [6.07, 6.45) is 2.04. The van der Waals surface area contributed by atoms with Crippen LogP contribution >= 0.6 is 0 Å². The van der Waals surface area contributed by atoms with Crippen LogP contribution in [0.4, 0.5) is 0 Å². The highest BCUT2D eigenvalue weighted by molar-refractivity contribution is 6.11. The van der Waals surface area contributed by atoms with Crippen molar-refractivity contribution in [3.63, 3.8) is 0 Å². The fourth-order valence-corrected chi connectivity index (χ4v) is 4.15. The van der Waals surface area contributed by atoms with Crippen LogP contribution in [0.2, 0.25) is 0 Å². The normalized spacial score (nSPS) is 11.1. The zero-order valence-corrected chi connectivity index (χ0v) is 17.2. The number of benzene rings is 3. The summed E-state index contributed by atoms with van der Waals surface area (Å²) in [5.41, 5.74) is 8.72. The SMILES string of the molecule is Cc1ccc(-c2cc3c(cc2C#N)oc2c(-c4cccc[n+]4C)c(C)ccc23)cc1. The van der Waals surface area contributed by atoms with Gasteiger partial charge in [-0.1, -0.05) is 42.0 Å². The van der Waals surface area contributed by atoms with Crippen LogP contribution in [-0.4, -0.2) is 0 Å². The van der Waals surface area contributed by atoms with Gasteiger partial charge in [-0.05, 0) is 43.2 Å². The van der Waals surface area contributed by atoms with Gasteiger partial charge in [0.2, 0.25) is 5.69 Å². The van der Waals surface area contributed by atoms with Gasteiger partial charge in [0.05, 0.1) is 17.2 Å².